The maximum absolute atomic E-state index is 5.54. The lowest BCUT2D eigenvalue weighted by Gasteiger charge is -2.49. The standard InChI is InChI=1S/C21H30N4O/c1-17-6-3-4-11-25(17)20-15-23(16-20)13-18-7-8-21(26-2)19(12-18)14-24-10-5-9-22-24/h5,7-10,12,17,20H,3-4,6,11,13-16H2,1-2H3/t17-/m1/s1. The highest BCUT2D eigenvalue weighted by atomic mass is 16.5. The Morgan fingerprint density at radius 3 is 2.81 bits per heavy atom. The molecule has 0 spiro atoms. The number of ether oxygens (including phenoxy) is 1. The van der Waals surface area contributed by atoms with Crippen molar-refractivity contribution in [1.29, 1.82) is 0 Å². The van der Waals surface area contributed by atoms with Crippen molar-refractivity contribution < 1.29 is 4.74 Å². The predicted octanol–water partition coefficient (Wildman–Crippen LogP) is 3.00. The summed E-state index contributed by atoms with van der Waals surface area (Å²) in [6.07, 6.45) is 7.95. The zero-order valence-corrected chi connectivity index (χ0v) is 16.0. The molecule has 1 aromatic carbocycles. The zero-order chi connectivity index (χ0) is 17.9. The summed E-state index contributed by atoms with van der Waals surface area (Å²) in [7, 11) is 1.74. The van der Waals surface area contributed by atoms with Crippen LogP contribution >= 0.6 is 0 Å². The molecule has 0 radical (unpaired) electrons. The van der Waals surface area contributed by atoms with E-state index >= 15 is 0 Å². The summed E-state index contributed by atoms with van der Waals surface area (Å²) in [5.74, 6) is 0.938. The smallest absolute Gasteiger partial charge is 0.123 e. The number of nitrogens with zero attached hydrogens (tertiary/aromatic N) is 4. The Morgan fingerprint density at radius 1 is 1.19 bits per heavy atom. The fraction of sp³-hybridized carbons (Fsp3) is 0.571. The molecule has 26 heavy (non-hydrogen) atoms. The van der Waals surface area contributed by atoms with Gasteiger partial charge in [-0.3, -0.25) is 14.5 Å². The molecule has 2 aromatic rings. The molecule has 1 atom stereocenters. The summed E-state index contributed by atoms with van der Waals surface area (Å²) >= 11 is 0. The lowest BCUT2D eigenvalue weighted by Crippen LogP contribution is -2.61. The van der Waals surface area contributed by atoms with Crippen LogP contribution in [0.5, 0.6) is 5.75 Å². The fourth-order valence-electron chi connectivity index (χ4n) is 4.42. The van der Waals surface area contributed by atoms with E-state index in [0.717, 1.165) is 30.9 Å². The van der Waals surface area contributed by atoms with Crippen LogP contribution in [0.3, 0.4) is 0 Å². The molecule has 5 heteroatoms. The molecule has 2 aliphatic rings. The Kier molecular flexibility index (Phi) is 5.27. The monoisotopic (exact) mass is 354 g/mol. The van der Waals surface area contributed by atoms with Crippen LogP contribution in [0, 0.1) is 0 Å². The van der Waals surface area contributed by atoms with Crippen LogP contribution < -0.4 is 4.74 Å². The van der Waals surface area contributed by atoms with Crippen LogP contribution in [0.2, 0.25) is 0 Å². The molecule has 2 saturated heterocycles. The number of rotatable bonds is 6. The van der Waals surface area contributed by atoms with Crippen LogP contribution in [0.1, 0.15) is 37.3 Å². The van der Waals surface area contributed by atoms with E-state index in [1.807, 2.05) is 23.1 Å². The molecule has 3 heterocycles. The largest absolute Gasteiger partial charge is 0.496 e. The third-order valence-corrected chi connectivity index (χ3v) is 5.90. The van der Waals surface area contributed by atoms with Crippen molar-refractivity contribution in [3.8, 4) is 5.75 Å². The van der Waals surface area contributed by atoms with Gasteiger partial charge in [0.25, 0.3) is 0 Å². The average molecular weight is 354 g/mol. The Balaban J connectivity index is 1.37. The second-order valence-corrected chi connectivity index (χ2v) is 7.78. The van der Waals surface area contributed by atoms with Crippen molar-refractivity contribution in [2.45, 2.75) is 51.4 Å². The van der Waals surface area contributed by atoms with Gasteiger partial charge in [-0.05, 0) is 50.1 Å². The van der Waals surface area contributed by atoms with E-state index in [-0.39, 0.29) is 0 Å². The molecule has 0 N–H and O–H groups in total. The minimum atomic E-state index is 0.748. The molecule has 140 valence electrons. The summed E-state index contributed by atoms with van der Waals surface area (Å²) in [5.41, 5.74) is 2.55. The van der Waals surface area contributed by atoms with E-state index in [4.69, 9.17) is 4.74 Å². The van der Waals surface area contributed by atoms with Crippen molar-refractivity contribution in [1.82, 2.24) is 19.6 Å². The van der Waals surface area contributed by atoms with Gasteiger partial charge < -0.3 is 4.74 Å². The summed E-state index contributed by atoms with van der Waals surface area (Å²) in [6.45, 7) is 7.85. The third kappa shape index (κ3) is 3.79. The highest BCUT2D eigenvalue weighted by molar-refractivity contribution is 5.37. The lowest BCUT2D eigenvalue weighted by atomic mass is 9.97. The average Bonchev–Trinajstić information content (AvgIpc) is 3.12. The second kappa shape index (κ2) is 7.80. The van der Waals surface area contributed by atoms with Gasteiger partial charge in [0, 0.05) is 49.7 Å². The number of likely N-dealkylation sites (tertiary alicyclic amines) is 2. The highest BCUT2D eigenvalue weighted by Gasteiger charge is 2.34. The van der Waals surface area contributed by atoms with Gasteiger partial charge in [0.1, 0.15) is 5.75 Å². The molecular formula is C21H30N4O. The first-order valence-electron chi connectivity index (χ1n) is 9.84. The van der Waals surface area contributed by atoms with Gasteiger partial charge in [0.2, 0.25) is 0 Å². The van der Waals surface area contributed by atoms with Gasteiger partial charge in [-0.1, -0.05) is 12.5 Å². The summed E-state index contributed by atoms with van der Waals surface area (Å²) in [6, 6.07) is 10.0. The van der Waals surface area contributed by atoms with Crippen molar-refractivity contribution in [2.75, 3.05) is 26.7 Å². The van der Waals surface area contributed by atoms with E-state index in [9.17, 15) is 0 Å². The van der Waals surface area contributed by atoms with Crippen LogP contribution in [-0.4, -0.2) is 58.4 Å². The molecule has 0 aliphatic carbocycles. The molecule has 4 rings (SSSR count). The van der Waals surface area contributed by atoms with Gasteiger partial charge in [0.15, 0.2) is 0 Å². The minimum Gasteiger partial charge on any atom is -0.496 e. The first kappa shape index (κ1) is 17.6. The number of hydrogen-bond donors (Lipinski definition) is 0. The highest BCUT2D eigenvalue weighted by Crippen LogP contribution is 2.27. The Bertz CT molecular complexity index is 709. The van der Waals surface area contributed by atoms with E-state index in [2.05, 4.69) is 40.0 Å². The Hall–Kier alpha value is -1.85. The first-order chi connectivity index (χ1) is 12.7. The summed E-state index contributed by atoms with van der Waals surface area (Å²) in [4.78, 5) is 5.29. The number of methoxy groups -OCH3 is 1. The second-order valence-electron chi connectivity index (χ2n) is 7.78. The molecule has 2 aliphatic heterocycles. The van der Waals surface area contributed by atoms with E-state index in [1.165, 1.54) is 50.0 Å². The molecule has 0 saturated carbocycles. The van der Waals surface area contributed by atoms with Crippen molar-refractivity contribution >= 4 is 0 Å². The zero-order valence-electron chi connectivity index (χ0n) is 16.0. The van der Waals surface area contributed by atoms with Gasteiger partial charge in [-0.2, -0.15) is 5.10 Å². The van der Waals surface area contributed by atoms with E-state index in [0.29, 0.717) is 0 Å². The number of benzene rings is 1. The quantitative estimate of drug-likeness (QED) is 0.799. The molecule has 5 nitrogen and oxygen atoms in total. The molecular weight excluding hydrogens is 324 g/mol. The normalized spacial score (nSPS) is 22.3. The Labute approximate surface area is 156 Å². The summed E-state index contributed by atoms with van der Waals surface area (Å²) < 4.78 is 7.48. The number of piperidine rings is 1. The van der Waals surface area contributed by atoms with Crippen molar-refractivity contribution in [3.63, 3.8) is 0 Å². The van der Waals surface area contributed by atoms with Crippen molar-refractivity contribution in [3.05, 3.63) is 47.8 Å². The lowest BCUT2D eigenvalue weighted by molar-refractivity contribution is -0.00621. The van der Waals surface area contributed by atoms with E-state index < -0.39 is 0 Å². The fourth-order valence-corrected chi connectivity index (χ4v) is 4.42. The number of hydrogen-bond acceptors (Lipinski definition) is 4. The maximum atomic E-state index is 5.54. The maximum Gasteiger partial charge on any atom is 0.123 e. The summed E-state index contributed by atoms with van der Waals surface area (Å²) in [5, 5.41) is 4.32. The van der Waals surface area contributed by atoms with Crippen LogP contribution in [0.4, 0.5) is 0 Å². The molecule has 0 unspecified atom stereocenters. The SMILES string of the molecule is COc1ccc(CN2CC(N3CCCC[C@H]3C)C2)cc1Cn1cccn1. The van der Waals surface area contributed by atoms with Gasteiger partial charge in [-0.25, -0.2) is 0 Å². The van der Waals surface area contributed by atoms with Gasteiger partial charge in [0.05, 0.1) is 13.7 Å². The topological polar surface area (TPSA) is 33.5 Å². The van der Waals surface area contributed by atoms with Crippen LogP contribution in [0.15, 0.2) is 36.7 Å². The van der Waals surface area contributed by atoms with Crippen LogP contribution in [0.25, 0.3) is 0 Å². The molecule has 0 bridgehead atoms. The van der Waals surface area contributed by atoms with Crippen LogP contribution in [-0.2, 0) is 13.1 Å². The minimum absolute atomic E-state index is 0.748. The van der Waals surface area contributed by atoms with Crippen molar-refractivity contribution in [2.24, 2.45) is 0 Å². The van der Waals surface area contributed by atoms with Gasteiger partial charge in [-0.15, -0.1) is 0 Å². The number of aromatic nitrogens is 2. The first-order valence-corrected chi connectivity index (χ1v) is 9.84. The van der Waals surface area contributed by atoms with E-state index in [1.54, 1.807) is 7.11 Å². The molecule has 1 aromatic heterocycles. The molecule has 0 amide bonds. The molecule has 2 fully saturated rings. The third-order valence-electron chi connectivity index (χ3n) is 5.90. The van der Waals surface area contributed by atoms with Gasteiger partial charge >= 0.3 is 0 Å². The Morgan fingerprint density at radius 2 is 2.08 bits per heavy atom. The predicted molar refractivity (Wildman–Crippen MR) is 103 cm³/mol.